The second-order valence-corrected chi connectivity index (χ2v) is 7.72. The van der Waals surface area contributed by atoms with E-state index in [1.165, 1.54) is 31.3 Å². The van der Waals surface area contributed by atoms with E-state index in [0.717, 1.165) is 6.54 Å². The summed E-state index contributed by atoms with van der Waals surface area (Å²) in [6.07, 6.45) is 7.26. The highest BCUT2D eigenvalue weighted by Crippen LogP contribution is 2.22. The fourth-order valence-electron chi connectivity index (χ4n) is 2.19. The first-order valence-corrected chi connectivity index (χ1v) is 7.70. The molecule has 0 amide bonds. The van der Waals surface area contributed by atoms with Crippen LogP contribution in [0.3, 0.4) is 0 Å². The summed E-state index contributed by atoms with van der Waals surface area (Å²) in [7, 11) is 0. The van der Waals surface area contributed by atoms with Crippen molar-refractivity contribution in [3.8, 4) is 0 Å². The summed E-state index contributed by atoms with van der Waals surface area (Å²) in [6.45, 7) is 14.9. The van der Waals surface area contributed by atoms with Crippen molar-refractivity contribution in [2.24, 2.45) is 10.3 Å². The SMILES string of the molecule is CC(C)(C)NCCCCCB1C=CC(C(C)(C)C)=N1. The zero-order valence-electron chi connectivity index (χ0n) is 13.7. The van der Waals surface area contributed by atoms with E-state index in [2.05, 4.69) is 58.9 Å². The molecule has 1 aliphatic rings. The summed E-state index contributed by atoms with van der Waals surface area (Å²) < 4.78 is 0. The predicted molar refractivity (Wildman–Crippen MR) is 88.2 cm³/mol. The Morgan fingerprint density at radius 3 is 2.26 bits per heavy atom. The van der Waals surface area contributed by atoms with E-state index in [4.69, 9.17) is 4.90 Å². The number of hydrogen-bond donors (Lipinski definition) is 1. The first kappa shape index (κ1) is 16.5. The van der Waals surface area contributed by atoms with Crippen LogP contribution in [-0.4, -0.2) is 24.6 Å². The molecule has 1 rings (SSSR count). The molecule has 3 heteroatoms. The fourth-order valence-corrected chi connectivity index (χ4v) is 2.19. The second kappa shape index (κ2) is 6.74. The van der Waals surface area contributed by atoms with Gasteiger partial charge >= 0.3 is 6.85 Å². The Balaban J connectivity index is 2.12. The molecular formula is C16H31BN2. The van der Waals surface area contributed by atoms with Crippen molar-refractivity contribution < 1.29 is 0 Å². The van der Waals surface area contributed by atoms with Crippen LogP contribution in [0.2, 0.25) is 6.32 Å². The molecule has 0 radical (unpaired) electrons. The van der Waals surface area contributed by atoms with Crippen LogP contribution in [0.5, 0.6) is 0 Å². The summed E-state index contributed by atoms with van der Waals surface area (Å²) >= 11 is 0. The van der Waals surface area contributed by atoms with Gasteiger partial charge in [-0.25, -0.2) is 0 Å². The number of allylic oxidation sites excluding steroid dienone is 1. The molecule has 19 heavy (non-hydrogen) atoms. The molecule has 108 valence electrons. The Kier molecular flexibility index (Phi) is 5.85. The highest BCUT2D eigenvalue weighted by Gasteiger charge is 2.23. The molecule has 0 bridgehead atoms. The molecular weight excluding hydrogens is 231 g/mol. The summed E-state index contributed by atoms with van der Waals surface area (Å²) in [5.41, 5.74) is 1.70. The average Bonchev–Trinajstić information content (AvgIpc) is 2.69. The normalized spacial score (nSPS) is 16.1. The lowest BCUT2D eigenvalue weighted by Gasteiger charge is -2.20. The molecule has 0 aromatic rings. The maximum absolute atomic E-state index is 4.81. The van der Waals surface area contributed by atoms with Crippen LogP contribution in [0, 0.1) is 5.41 Å². The lowest BCUT2D eigenvalue weighted by molar-refractivity contribution is 0.418. The predicted octanol–water partition coefficient (Wildman–Crippen LogP) is 4.13. The van der Waals surface area contributed by atoms with E-state index < -0.39 is 0 Å². The zero-order chi connectivity index (χ0) is 14.5. The van der Waals surface area contributed by atoms with Gasteiger partial charge in [0.2, 0.25) is 0 Å². The molecule has 1 N–H and O–H groups in total. The van der Waals surface area contributed by atoms with Gasteiger partial charge in [-0.3, -0.25) is 0 Å². The van der Waals surface area contributed by atoms with Crippen molar-refractivity contribution in [1.82, 2.24) is 5.32 Å². The lowest BCUT2D eigenvalue weighted by atomic mass is 9.60. The number of unbranched alkanes of at least 4 members (excludes halogenated alkanes) is 2. The van der Waals surface area contributed by atoms with Crippen molar-refractivity contribution in [3.05, 3.63) is 12.1 Å². The van der Waals surface area contributed by atoms with Crippen LogP contribution < -0.4 is 5.32 Å². The Labute approximate surface area is 120 Å². The minimum Gasteiger partial charge on any atom is -0.340 e. The maximum atomic E-state index is 4.81. The van der Waals surface area contributed by atoms with E-state index in [9.17, 15) is 0 Å². The molecule has 1 heterocycles. The second-order valence-electron chi connectivity index (χ2n) is 7.72. The van der Waals surface area contributed by atoms with Crippen molar-refractivity contribution >= 4 is 12.6 Å². The van der Waals surface area contributed by atoms with Gasteiger partial charge in [0, 0.05) is 16.7 Å². The van der Waals surface area contributed by atoms with Gasteiger partial charge in [0.05, 0.1) is 0 Å². The summed E-state index contributed by atoms with van der Waals surface area (Å²) in [4.78, 5) is 4.81. The van der Waals surface area contributed by atoms with Gasteiger partial charge in [0.1, 0.15) is 0 Å². The smallest absolute Gasteiger partial charge is 0.304 e. The van der Waals surface area contributed by atoms with Gasteiger partial charge in [0.15, 0.2) is 0 Å². The highest BCUT2D eigenvalue weighted by atomic mass is 14.9. The van der Waals surface area contributed by atoms with Crippen molar-refractivity contribution in [2.75, 3.05) is 6.54 Å². The van der Waals surface area contributed by atoms with E-state index in [1.54, 1.807) is 0 Å². The number of nitrogens with one attached hydrogen (secondary N) is 1. The van der Waals surface area contributed by atoms with Crippen molar-refractivity contribution in [2.45, 2.75) is 72.7 Å². The molecule has 0 saturated carbocycles. The van der Waals surface area contributed by atoms with E-state index in [0.29, 0.717) is 6.85 Å². The highest BCUT2D eigenvalue weighted by molar-refractivity contribution is 6.66. The quantitative estimate of drug-likeness (QED) is 0.564. The molecule has 0 aromatic carbocycles. The van der Waals surface area contributed by atoms with E-state index in [1.807, 2.05) is 0 Å². The number of hydrogen-bond acceptors (Lipinski definition) is 2. The van der Waals surface area contributed by atoms with Gasteiger partial charge in [-0.05, 0) is 40.1 Å². The van der Waals surface area contributed by atoms with Crippen LogP contribution in [0.4, 0.5) is 0 Å². The topological polar surface area (TPSA) is 24.4 Å². The average molecular weight is 262 g/mol. The fraction of sp³-hybridized carbons (Fsp3) is 0.812. The van der Waals surface area contributed by atoms with Crippen LogP contribution >= 0.6 is 0 Å². The monoisotopic (exact) mass is 262 g/mol. The minimum atomic E-state index is 0.196. The van der Waals surface area contributed by atoms with E-state index in [-0.39, 0.29) is 11.0 Å². The molecule has 0 aromatic heterocycles. The summed E-state index contributed by atoms with van der Waals surface area (Å²) in [5, 5.41) is 3.54. The summed E-state index contributed by atoms with van der Waals surface area (Å²) in [6, 6.07) is 0. The molecule has 2 nitrogen and oxygen atoms in total. The largest absolute Gasteiger partial charge is 0.340 e. The Bertz CT molecular complexity index is 332. The van der Waals surface area contributed by atoms with Crippen LogP contribution in [0.25, 0.3) is 0 Å². The minimum absolute atomic E-state index is 0.196. The molecule has 0 aliphatic carbocycles. The number of rotatable bonds is 6. The molecule has 0 atom stereocenters. The first-order chi connectivity index (χ1) is 8.68. The van der Waals surface area contributed by atoms with Crippen LogP contribution in [0.15, 0.2) is 17.0 Å². The molecule has 0 unspecified atom stereocenters. The molecule has 1 aliphatic heterocycles. The first-order valence-electron chi connectivity index (χ1n) is 7.70. The van der Waals surface area contributed by atoms with Gasteiger partial charge in [-0.1, -0.05) is 45.7 Å². The third kappa shape index (κ3) is 6.96. The van der Waals surface area contributed by atoms with Gasteiger partial charge in [0.25, 0.3) is 0 Å². The third-order valence-corrected chi connectivity index (χ3v) is 3.38. The Morgan fingerprint density at radius 1 is 1.05 bits per heavy atom. The Hall–Kier alpha value is -0.565. The number of nitrogens with zero attached hydrogens (tertiary/aromatic N) is 1. The van der Waals surface area contributed by atoms with Crippen LogP contribution in [-0.2, 0) is 0 Å². The summed E-state index contributed by atoms with van der Waals surface area (Å²) in [5.74, 6) is 2.27. The van der Waals surface area contributed by atoms with Gasteiger partial charge in [-0.15, -0.1) is 0 Å². The standard InChI is InChI=1S/C16H31BN2/c1-15(2,3)14-10-12-17(19-14)11-8-7-9-13-18-16(4,5)6/h10,12,18H,7-9,11,13H2,1-6H3. The lowest BCUT2D eigenvalue weighted by Crippen LogP contribution is -2.36. The Morgan fingerprint density at radius 2 is 1.74 bits per heavy atom. The molecule has 0 spiro atoms. The van der Waals surface area contributed by atoms with Crippen molar-refractivity contribution in [3.63, 3.8) is 0 Å². The van der Waals surface area contributed by atoms with Gasteiger partial charge in [-0.2, -0.15) is 0 Å². The molecule has 0 fully saturated rings. The van der Waals surface area contributed by atoms with Crippen LogP contribution in [0.1, 0.15) is 60.8 Å². The van der Waals surface area contributed by atoms with Crippen molar-refractivity contribution in [1.29, 1.82) is 0 Å². The third-order valence-electron chi connectivity index (χ3n) is 3.38. The van der Waals surface area contributed by atoms with E-state index >= 15 is 0 Å². The molecule has 0 saturated heterocycles. The van der Waals surface area contributed by atoms with Gasteiger partial charge < -0.3 is 10.2 Å². The zero-order valence-corrected chi connectivity index (χ0v) is 13.7. The maximum Gasteiger partial charge on any atom is 0.304 e.